The van der Waals surface area contributed by atoms with Crippen molar-refractivity contribution in [2.45, 2.75) is 39.5 Å². The van der Waals surface area contributed by atoms with Crippen molar-refractivity contribution in [3.8, 4) is 0 Å². The van der Waals surface area contributed by atoms with Crippen LogP contribution < -0.4 is 5.32 Å². The number of aryl methyl sites for hydroxylation is 2. The lowest BCUT2D eigenvalue weighted by atomic mass is 9.88. The first-order chi connectivity index (χ1) is 8.61. The van der Waals surface area contributed by atoms with Crippen molar-refractivity contribution in [3.63, 3.8) is 0 Å². The van der Waals surface area contributed by atoms with E-state index >= 15 is 0 Å². The van der Waals surface area contributed by atoms with Gasteiger partial charge in [-0.3, -0.25) is 4.79 Å². The van der Waals surface area contributed by atoms with E-state index in [9.17, 15) is 4.79 Å². The van der Waals surface area contributed by atoms with Crippen LogP contribution in [0.2, 0.25) is 0 Å². The Morgan fingerprint density at radius 1 is 1.28 bits per heavy atom. The number of pyridine rings is 1. The Labute approximate surface area is 108 Å². The van der Waals surface area contributed by atoms with E-state index in [2.05, 4.69) is 10.3 Å². The highest BCUT2D eigenvalue weighted by molar-refractivity contribution is 5.92. The van der Waals surface area contributed by atoms with Crippen LogP contribution in [0, 0.1) is 31.6 Å². The van der Waals surface area contributed by atoms with Crippen LogP contribution in [0.3, 0.4) is 0 Å². The van der Waals surface area contributed by atoms with Crippen molar-refractivity contribution in [2.75, 3.05) is 5.32 Å². The Hall–Kier alpha value is -1.38. The lowest BCUT2D eigenvalue weighted by molar-refractivity contribution is -0.121. The second kappa shape index (κ2) is 4.38. The molecule has 2 saturated carbocycles. The molecule has 0 saturated heterocycles. The number of rotatable bonds is 2. The molecule has 18 heavy (non-hydrogen) atoms. The van der Waals surface area contributed by atoms with Crippen LogP contribution >= 0.6 is 0 Å². The summed E-state index contributed by atoms with van der Waals surface area (Å²) in [6.07, 6.45) is 4.92. The van der Waals surface area contributed by atoms with E-state index in [1.165, 1.54) is 19.3 Å². The lowest BCUT2D eigenvalue weighted by Crippen LogP contribution is -2.27. The molecule has 2 aliphatic carbocycles. The van der Waals surface area contributed by atoms with Crippen LogP contribution in [0.1, 0.15) is 36.9 Å². The molecule has 1 heterocycles. The van der Waals surface area contributed by atoms with Crippen LogP contribution in [0.25, 0.3) is 0 Å². The van der Waals surface area contributed by atoms with Crippen LogP contribution in [0.15, 0.2) is 12.1 Å². The van der Waals surface area contributed by atoms with E-state index in [0.29, 0.717) is 11.7 Å². The van der Waals surface area contributed by atoms with Crippen molar-refractivity contribution >= 4 is 11.7 Å². The third kappa shape index (κ3) is 2.14. The molecule has 0 spiro atoms. The molecule has 3 nitrogen and oxygen atoms in total. The zero-order chi connectivity index (χ0) is 12.7. The maximum Gasteiger partial charge on any atom is 0.228 e. The fourth-order valence-corrected chi connectivity index (χ4v) is 3.69. The van der Waals surface area contributed by atoms with Crippen LogP contribution in [-0.2, 0) is 4.79 Å². The first-order valence-corrected chi connectivity index (χ1v) is 6.88. The van der Waals surface area contributed by atoms with Crippen molar-refractivity contribution in [3.05, 3.63) is 23.4 Å². The van der Waals surface area contributed by atoms with Gasteiger partial charge in [0.25, 0.3) is 0 Å². The molecule has 0 radical (unpaired) electrons. The average molecular weight is 244 g/mol. The molecule has 0 aromatic carbocycles. The molecule has 3 atom stereocenters. The number of aromatic nitrogens is 1. The van der Waals surface area contributed by atoms with E-state index in [-0.39, 0.29) is 11.8 Å². The van der Waals surface area contributed by atoms with Gasteiger partial charge in [-0.05, 0) is 62.6 Å². The largest absolute Gasteiger partial charge is 0.310 e. The van der Waals surface area contributed by atoms with E-state index in [0.717, 1.165) is 23.6 Å². The highest BCUT2D eigenvalue weighted by Crippen LogP contribution is 2.48. The fourth-order valence-electron chi connectivity index (χ4n) is 3.69. The molecule has 2 aliphatic rings. The number of amides is 1. The Balaban J connectivity index is 1.70. The Morgan fingerprint density at radius 3 is 2.72 bits per heavy atom. The van der Waals surface area contributed by atoms with Crippen molar-refractivity contribution < 1.29 is 4.79 Å². The fraction of sp³-hybridized carbons (Fsp3) is 0.600. The van der Waals surface area contributed by atoms with Gasteiger partial charge in [0.1, 0.15) is 5.82 Å². The van der Waals surface area contributed by atoms with Gasteiger partial charge in [-0.2, -0.15) is 0 Å². The number of fused-ring (bicyclic) bond motifs is 2. The number of hydrogen-bond acceptors (Lipinski definition) is 2. The highest BCUT2D eigenvalue weighted by Gasteiger charge is 2.43. The first-order valence-electron chi connectivity index (χ1n) is 6.88. The van der Waals surface area contributed by atoms with Crippen LogP contribution in [0.5, 0.6) is 0 Å². The van der Waals surface area contributed by atoms with Gasteiger partial charge in [0.05, 0.1) is 0 Å². The van der Waals surface area contributed by atoms with Gasteiger partial charge >= 0.3 is 0 Å². The maximum absolute atomic E-state index is 12.3. The normalized spacial score (nSPS) is 29.6. The van der Waals surface area contributed by atoms with E-state index in [4.69, 9.17) is 0 Å². The summed E-state index contributed by atoms with van der Waals surface area (Å²) in [5, 5.41) is 3.00. The minimum Gasteiger partial charge on any atom is -0.310 e. The van der Waals surface area contributed by atoms with Gasteiger partial charge < -0.3 is 5.32 Å². The molecule has 1 aromatic heterocycles. The van der Waals surface area contributed by atoms with Crippen LogP contribution in [-0.4, -0.2) is 10.9 Å². The minimum absolute atomic E-state index is 0.180. The zero-order valence-electron chi connectivity index (χ0n) is 11.1. The first kappa shape index (κ1) is 11.7. The quantitative estimate of drug-likeness (QED) is 0.868. The number of nitrogens with one attached hydrogen (secondary N) is 1. The second-order valence-corrected chi connectivity index (χ2v) is 5.94. The van der Waals surface area contributed by atoms with E-state index in [1.807, 2.05) is 26.0 Å². The lowest BCUT2D eigenvalue weighted by Gasteiger charge is -2.20. The molecule has 2 bridgehead atoms. The molecule has 3 heteroatoms. The molecule has 1 aromatic rings. The van der Waals surface area contributed by atoms with Crippen molar-refractivity contribution in [1.82, 2.24) is 4.98 Å². The number of carbonyl (C=O) groups is 1. The summed E-state index contributed by atoms with van der Waals surface area (Å²) in [6, 6.07) is 3.96. The number of hydrogen-bond donors (Lipinski definition) is 1. The molecule has 3 rings (SSSR count). The SMILES string of the molecule is Cc1cc(C)nc(NC(=O)[C@@H]2C[C@@H]3CC[C@@H]2C3)c1. The molecule has 96 valence electrons. The van der Waals surface area contributed by atoms with Crippen LogP contribution in [0.4, 0.5) is 5.82 Å². The number of carbonyl (C=O) groups excluding carboxylic acids is 1. The predicted octanol–water partition coefficient (Wildman–Crippen LogP) is 3.07. The molecule has 0 aliphatic heterocycles. The monoisotopic (exact) mass is 244 g/mol. The number of nitrogens with zero attached hydrogens (tertiary/aromatic N) is 1. The summed E-state index contributed by atoms with van der Waals surface area (Å²) in [5.74, 6) is 2.55. The third-order valence-corrected chi connectivity index (χ3v) is 4.42. The van der Waals surface area contributed by atoms with Gasteiger partial charge in [0.15, 0.2) is 0 Å². The summed E-state index contributed by atoms with van der Waals surface area (Å²) < 4.78 is 0. The van der Waals surface area contributed by atoms with Crippen molar-refractivity contribution in [1.29, 1.82) is 0 Å². The van der Waals surface area contributed by atoms with Gasteiger partial charge in [-0.25, -0.2) is 4.98 Å². The Kier molecular flexibility index (Phi) is 2.84. The standard InChI is InChI=1S/C15H20N2O/c1-9-5-10(2)16-14(6-9)17-15(18)13-8-11-3-4-12(13)7-11/h5-6,11-13H,3-4,7-8H2,1-2H3,(H,16,17,18)/t11-,12-,13-/m1/s1. The van der Waals surface area contributed by atoms with Crippen molar-refractivity contribution in [2.24, 2.45) is 17.8 Å². The molecular formula is C15H20N2O. The summed E-state index contributed by atoms with van der Waals surface area (Å²) in [6.45, 7) is 3.99. The molecule has 1 amide bonds. The topological polar surface area (TPSA) is 42.0 Å². The van der Waals surface area contributed by atoms with Gasteiger partial charge in [-0.15, -0.1) is 0 Å². The van der Waals surface area contributed by atoms with E-state index in [1.54, 1.807) is 0 Å². The third-order valence-electron chi connectivity index (χ3n) is 4.42. The van der Waals surface area contributed by atoms with E-state index < -0.39 is 0 Å². The number of anilines is 1. The summed E-state index contributed by atoms with van der Waals surface area (Å²) >= 11 is 0. The predicted molar refractivity (Wildman–Crippen MR) is 71.3 cm³/mol. The smallest absolute Gasteiger partial charge is 0.228 e. The molecule has 1 N–H and O–H groups in total. The van der Waals surface area contributed by atoms with Gasteiger partial charge in [0.2, 0.25) is 5.91 Å². The summed E-state index contributed by atoms with van der Waals surface area (Å²) in [4.78, 5) is 16.7. The minimum atomic E-state index is 0.180. The highest BCUT2D eigenvalue weighted by atomic mass is 16.2. The Morgan fingerprint density at radius 2 is 2.11 bits per heavy atom. The zero-order valence-corrected chi connectivity index (χ0v) is 11.1. The Bertz CT molecular complexity index is 463. The average Bonchev–Trinajstić information content (AvgIpc) is 2.88. The van der Waals surface area contributed by atoms with Gasteiger partial charge in [-0.1, -0.05) is 6.42 Å². The molecular weight excluding hydrogens is 224 g/mol. The second-order valence-electron chi connectivity index (χ2n) is 5.94. The molecule has 0 unspecified atom stereocenters. The summed E-state index contributed by atoms with van der Waals surface area (Å²) in [7, 11) is 0. The molecule has 2 fully saturated rings. The maximum atomic E-state index is 12.3. The van der Waals surface area contributed by atoms with Gasteiger partial charge in [0, 0.05) is 11.6 Å². The summed E-state index contributed by atoms with van der Waals surface area (Å²) in [5.41, 5.74) is 2.10.